The molecule has 1 aliphatic heterocycles. The van der Waals surface area contributed by atoms with Crippen LogP contribution in [0.1, 0.15) is 19.4 Å². The first kappa shape index (κ1) is 18.4. The van der Waals surface area contributed by atoms with Crippen molar-refractivity contribution < 1.29 is 8.42 Å². The molecule has 2 rings (SSSR count). The molecular formula is C17H29N3O2S. The van der Waals surface area contributed by atoms with Gasteiger partial charge in [0.1, 0.15) is 0 Å². The van der Waals surface area contributed by atoms with Crippen molar-refractivity contribution in [3.63, 3.8) is 0 Å². The number of likely N-dealkylation sites (N-methyl/N-ethyl adjacent to an activating group) is 1. The maximum absolute atomic E-state index is 12.9. The van der Waals surface area contributed by atoms with E-state index in [2.05, 4.69) is 37.7 Å². The van der Waals surface area contributed by atoms with E-state index in [-0.39, 0.29) is 12.1 Å². The molecule has 1 aromatic rings. The van der Waals surface area contributed by atoms with E-state index in [1.54, 1.807) is 16.4 Å². The second kappa shape index (κ2) is 7.30. The van der Waals surface area contributed by atoms with Crippen molar-refractivity contribution in [1.29, 1.82) is 0 Å². The van der Waals surface area contributed by atoms with Gasteiger partial charge < -0.3 is 4.90 Å². The van der Waals surface area contributed by atoms with Crippen LogP contribution in [0.15, 0.2) is 29.2 Å². The fourth-order valence-corrected chi connectivity index (χ4v) is 4.72. The zero-order chi connectivity index (χ0) is 17.2. The van der Waals surface area contributed by atoms with Gasteiger partial charge in [0.05, 0.1) is 4.90 Å². The highest BCUT2D eigenvalue weighted by atomic mass is 32.2. The van der Waals surface area contributed by atoms with Gasteiger partial charge >= 0.3 is 0 Å². The number of hydrogen-bond donors (Lipinski definition) is 0. The van der Waals surface area contributed by atoms with Gasteiger partial charge in [-0.1, -0.05) is 17.7 Å². The van der Waals surface area contributed by atoms with E-state index >= 15 is 0 Å². The molecule has 0 N–H and O–H groups in total. The lowest BCUT2D eigenvalue weighted by Gasteiger charge is -2.44. The molecule has 0 bridgehead atoms. The second-order valence-electron chi connectivity index (χ2n) is 6.87. The first-order valence-electron chi connectivity index (χ1n) is 8.19. The van der Waals surface area contributed by atoms with E-state index in [0.29, 0.717) is 18.0 Å². The molecule has 1 aromatic carbocycles. The van der Waals surface area contributed by atoms with Gasteiger partial charge in [0.25, 0.3) is 0 Å². The lowest BCUT2D eigenvalue weighted by Crippen LogP contribution is -2.58. The Kier molecular flexibility index (Phi) is 5.84. The molecule has 0 aromatic heterocycles. The summed E-state index contributed by atoms with van der Waals surface area (Å²) in [5.74, 6) is 0. The van der Waals surface area contributed by atoms with Crippen LogP contribution in [0.2, 0.25) is 0 Å². The Morgan fingerprint density at radius 3 is 2.09 bits per heavy atom. The average molecular weight is 340 g/mol. The van der Waals surface area contributed by atoms with Crippen LogP contribution in [0, 0.1) is 6.92 Å². The third-order valence-corrected chi connectivity index (χ3v) is 6.38. The molecule has 1 aliphatic rings. The van der Waals surface area contributed by atoms with E-state index < -0.39 is 10.0 Å². The second-order valence-corrected chi connectivity index (χ2v) is 8.81. The smallest absolute Gasteiger partial charge is 0.243 e. The van der Waals surface area contributed by atoms with E-state index in [1.807, 2.05) is 19.1 Å². The normalized spacial score (nSPS) is 24.3. The summed E-state index contributed by atoms with van der Waals surface area (Å²) >= 11 is 0. The molecule has 0 spiro atoms. The molecule has 0 amide bonds. The van der Waals surface area contributed by atoms with E-state index in [4.69, 9.17) is 0 Å². The van der Waals surface area contributed by atoms with Crippen LogP contribution in [0.5, 0.6) is 0 Å². The van der Waals surface area contributed by atoms with Crippen LogP contribution in [-0.4, -0.2) is 74.9 Å². The van der Waals surface area contributed by atoms with Gasteiger partial charge in [-0.2, -0.15) is 4.31 Å². The van der Waals surface area contributed by atoms with Crippen LogP contribution >= 0.6 is 0 Å². The van der Waals surface area contributed by atoms with E-state index in [1.165, 1.54) is 0 Å². The van der Waals surface area contributed by atoms with Crippen LogP contribution in [-0.2, 0) is 10.0 Å². The molecule has 0 saturated carbocycles. The lowest BCUT2D eigenvalue weighted by atomic mass is 10.1. The molecule has 23 heavy (non-hydrogen) atoms. The SMILES string of the molecule is Cc1ccc(S(=O)(=O)N2CC(C)N(CCN(C)C)C(C)C2)cc1. The van der Waals surface area contributed by atoms with Crippen LogP contribution < -0.4 is 0 Å². The van der Waals surface area contributed by atoms with Gasteiger partial charge in [0, 0.05) is 38.3 Å². The topological polar surface area (TPSA) is 43.9 Å². The van der Waals surface area contributed by atoms with Gasteiger partial charge in [-0.3, -0.25) is 4.90 Å². The number of aryl methyl sites for hydroxylation is 1. The fraction of sp³-hybridized carbons (Fsp3) is 0.647. The Balaban J connectivity index is 2.12. The largest absolute Gasteiger partial charge is 0.308 e. The Morgan fingerprint density at radius 1 is 1.09 bits per heavy atom. The molecule has 2 unspecified atom stereocenters. The molecule has 2 atom stereocenters. The van der Waals surface area contributed by atoms with Crippen LogP contribution in [0.3, 0.4) is 0 Å². The molecule has 130 valence electrons. The average Bonchev–Trinajstić information content (AvgIpc) is 2.46. The minimum Gasteiger partial charge on any atom is -0.308 e. The zero-order valence-electron chi connectivity index (χ0n) is 14.9. The maximum Gasteiger partial charge on any atom is 0.243 e. The number of sulfonamides is 1. The van der Waals surface area contributed by atoms with Crippen molar-refractivity contribution in [2.45, 2.75) is 37.8 Å². The van der Waals surface area contributed by atoms with Crippen molar-refractivity contribution >= 4 is 10.0 Å². The highest BCUT2D eigenvalue weighted by Gasteiger charge is 2.35. The van der Waals surface area contributed by atoms with Crippen molar-refractivity contribution in [2.24, 2.45) is 0 Å². The van der Waals surface area contributed by atoms with Crippen molar-refractivity contribution in [1.82, 2.24) is 14.1 Å². The minimum absolute atomic E-state index is 0.221. The quantitative estimate of drug-likeness (QED) is 0.818. The Labute approximate surface area is 140 Å². The first-order valence-corrected chi connectivity index (χ1v) is 9.63. The third-order valence-electron chi connectivity index (χ3n) is 4.53. The standard InChI is InChI=1S/C17H29N3O2S/c1-14-6-8-17(9-7-14)23(21,22)19-12-15(2)20(16(3)13-19)11-10-18(4)5/h6-9,15-16H,10-13H2,1-5H3. The van der Waals surface area contributed by atoms with Crippen molar-refractivity contribution in [3.8, 4) is 0 Å². The van der Waals surface area contributed by atoms with E-state index in [0.717, 1.165) is 18.7 Å². The molecular weight excluding hydrogens is 310 g/mol. The third kappa shape index (κ3) is 4.32. The summed E-state index contributed by atoms with van der Waals surface area (Å²) in [5.41, 5.74) is 1.07. The molecule has 0 aliphatic carbocycles. The summed E-state index contributed by atoms with van der Waals surface area (Å²) in [6, 6.07) is 7.56. The van der Waals surface area contributed by atoms with Gasteiger partial charge in [-0.05, 0) is 47.0 Å². The highest BCUT2D eigenvalue weighted by Crippen LogP contribution is 2.23. The predicted octanol–water partition coefficient (Wildman–Crippen LogP) is 1.64. The van der Waals surface area contributed by atoms with Gasteiger partial charge in [-0.15, -0.1) is 0 Å². The summed E-state index contributed by atoms with van der Waals surface area (Å²) in [4.78, 5) is 4.96. The molecule has 5 nitrogen and oxygen atoms in total. The van der Waals surface area contributed by atoms with Gasteiger partial charge in [0.2, 0.25) is 10.0 Å². The van der Waals surface area contributed by atoms with Crippen molar-refractivity contribution in [2.75, 3.05) is 40.3 Å². The fourth-order valence-electron chi connectivity index (χ4n) is 3.12. The summed E-state index contributed by atoms with van der Waals surface area (Å²) in [5, 5.41) is 0. The minimum atomic E-state index is -3.40. The monoisotopic (exact) mass is 339 g/mol. The number of piperazine rings is 1. The summed E-state index contributed by atoms with van der Waals surface area (Å²) in [6.07, 6.45) is 0. The highest BCUT2D eigenvalue weighted by molar-refractivity contribution is 7.89. The molecule has 0 radical (unpaired) electrons. The Bertz CT molecular complexity index is 601. The van der Waals surface area contributed by atoms with Crippen LogP contribution in [0.25, 0.3) is 0 Å². The molecule has 1 saturated heterocycles. The predicted molar refractivity (Wildman–Crippen MR) is 94.1 cm³/mol. The Morgan fingerprint density at radius 2 is 1.61 bits per heavy atom. The lowest BCUT2D eigenvalue weighted by molar-refractivity contribution is 0.0708. The maximum atomic E-state index is 12.9. The van der Waals surface area contributed by atoms with Gasteiger partial charge in [-0.25, -0.2) is 8.42 Å². The number of hydrogen-bond acceptors (Lipinski definition) is 4. The van der Waals surface area contributed by atoms with E-state index in [9.17, 15) is 8.42 Å². The van der Waals surface area contributed by atoms with Crippen LogP contribution in [0.4, 0.5) is 0 Å². The Hall–Kier alpha value is -0.950. The first-order chi connectivity index (χ1) is 10.7. The molecule has 6 heteroatoms. The molecule has 1 heterocycles. The zero-order valence-corrected chi connectivity index (χ0v) is 15.7. The number of nitrogens with zero attached hydrogens (tertiary/aromatic N) is 3. The summed E-state index contributed by atoms with van der Waals surface area (Å²) < 4.78 is 27.4. The number of benzene rings is 1. The summed E-state index contributed by atoms with van der Waals surface area (Å²) in [7, 11) is 0.723. The van der Waals surface area contributed by atoms with Crippen molar-refractivity contribution in [3.05, 3.63) is 29.8 Å². The van der Waals surface area contributed by atoms with Gasteiger partial charge in [0.15, 0.2) is 0 Å². The summed E-state index contributed by atoms with van der Waals surface area (Å²) in [6.45, 7) is 9.24. The number of rotatable bonds is 5. The molecule has 1 fully saturated rings.